The lowest BCUT2D eigenvalue weighted by molar-refractivity contribution is 0.661. The highest BCUT2D eigenvalue weighted by Gasteiger charge is 2.09. The molecule has 17 heavy (non-hydrogen) atoms. The Balaban J connectivity index is 2.69. The van der Waals surface area contributed by atoms with Gasteiger partial charge in [0.05, 0.1) is 6.04 Å². The Morgan fingerprint density at radius 2 is 1.76 bits per heavy atom. The Hall–Kier alpha value is -1.09. The minimum atomic E-state index is 0.231. The van der Waals surface area contributed by atoms with Gasteiger partial charge in [-0.2, -0.15) is 0 Å². The summed E-state index contributed by atoms with van der Waals surface area (Å²) in [4.78, 5) is 0. The second-order valence-electron chi connectivity index (χ2n) is 4.85. The third-order valence-corrected chi connectivity index (χ3v) is 2.89. The summed E-state index contributed by atoms with van der Waals surface area (Å²) in [5.74, 6) is 0. The smallest absolute Gasteiger partial charge is 0.166 e. The number of hydrogen-bond acceptors (Lipinski definition) is 1. The summed E-state index contributed by atoms with van der Waals surface area (Å²) in [6, 6.07) is 7.10. The van der Waals surface area contributed by atoms with Gasteiger partial charge >= 0.3 is 0 Å². The van der Waals surface area contributed by atoms with Crippen molar-refractivity contribution in [1.29, 1.82) is 0 Å². The second kappa shape index (κ2) is 6.01. The molecular formula is C14H22N2S. The van der Waals surface area contributed by atoms with Gasteiger partial charge in [-0.15, -0.1) is 0 Å². The third kappa shape index (κ3) is 4.35. The summed E-state index contributed by atoms with van der Waals surface area (Å²) in [6.45, 7) is 10.5. The van der Waals surface area contributed by atoms with Crippen molar-refractivity contribution < 1.29 is 0 Å². The molecule has 0 aromatic heterocycles. The molecule has 1 aromatic carbocycles. The number of hydrogen-bond donors (Lipinski definition) is 2. The van der Waals surface area contributed by atoms with E-state index in [9.17, 15) is 0 Å². The Morgan fingerprint density at radius 1 is 1.12 bits per heavy atom. The van der Waals surface area contributed by atoms with Gasteiger partial charge in [-0.3, -0.25) is 0 Å². The maximum absolute atomic E-state index is 5.25. The molecule has 1 rings (SSSR count). The van der Waals surface area contributed by atoms with Crippen LogP contribution in [0, 0.1) is 13.8 Å². The zero-order valence-corrected chi connectivity index (χ0v) is 12.1. The highest BCUT2D eigenvalue weighted by Crippen LogP contribution is 2.18. The van der Waals surface area contributed by atoms with Gasteiger partial charge in [0.25, 0.3) is 0 Å². The van der Waals surface area contributed by atoms with E-state index in [0.29, 0.717) is 11.2 Å². The van der Waals surface area contributed by atoms with E-state index in [-0.39, 0.29) is 6.04 Å². The predicted octanol–water partition coefficient (Wildman–Crippen LogP) is 3.24. The fraction of sp³-hybridized carbons (Fsp3) is 0.500. The molecule has 0 amide bonds. The molecule has 3 heteroatoms. The summed E-state index contributed by atoms with van der Waals surface area (Å²) in [7, 11) is 0. The van der Waals surface area contributed by atoms with E-state index in [1.54, 1.807) is 0 Å². The molecule has 0 aliphatic carbocycles. The van der Waals surface area contributed by atoms with Crippen LogP contribution in [0.3, 0.4) is 0 Å². The molecule has 2 N–H and O–H groups in total. The summed E-state index contributed by atoms with van der Waals surface area (Å²) in [5.41, 5.74) is 3.89. The van der Waals surface area contributed by atoms with E-state index < -0.39 is 0 Å². The second-order valence-corrected chi connectivity index (χ2v) is 5.26. The highest BCUT2D eigenvalue weighted by atomic mass is 32.1. The van der Waals surface area contributed by atoms with E-state index in [1.165, 1.54) is 16.7 Å². The predicted molar refractivity (Wildman–Crippen MR) is 78.3 cm³/mol. The van der Waals surface area contributed by atoms with Crippen LogP contribution < -0.4 is 10.6 Å². The minimum Gasteiger partial charge on any atom is -0.361 e. The van der Waals surface area contributed by atoms with Gasteiger partial charge < -0.3 is 10.6 Å². The molecule has 1 aromatic rings. The van der Waals surface area contributed by atoms with Gasteiger partial charge in [-0.05, 0) is 58.0 Å². The molecule has 2 nitrogen and oxygen atoms in total. The Labute approximate surface area is 110 Å². The molecule has 0 fully saturated rings. The molecule has 0 aliphatic rings. The van der Waals surface area contributed by atoms with Crippen LogP contribution in [-0.2, 0) is 0 Å². The van der Waals surface area contributed by atoms with Gasteiger partial charge in [-0.1, -0.05) is 23.8 Å². The first-order chi connectivity index (χ1) is 7.90. The molecule has 1 unspecified atom stereocenters. The first-order valence-electron chi connectivity index (χ1n) is 6.04. The lowest BCUT2D eigenvalue weighted by Gasteiger charge is -2.20. The fourth-order valence-corrected chi connectivity index (χ4v) is 2.30. The van der Waals surface area contributed by atoms with Crippen molar-refractivity contribution in [3.8, 4) is 0 Å². The van der Waals surface area contributed by atoms with Crippen molar-refractivity contribution >= 4 is 17.3 Å². The van der Waals surface area contributed by atoms with E-state index in [4.69, 9.17) is 12.2 Å². The first kappa shape index (κ1) is 14.0. The molecule has 1 atom stereocenters. The van der Waals surface area contributed by atoms with Crippen LogP contribution in [0.15, 0.2) is 18.2 Å². The lowest BCUT2D eigenvalue weighted by atomic mass is 10.0. The summed E-state index contributed by atoms with van der Waals surface area (Å²) < 4.78 is 0. The summed E-state index contributed by atoms with van der Waals surface area (Å²) in [6.07, 6.45) is 0. The van der Waals surface area contributed by atoms with Gasteiger partial charge in [-0.25, -0.2) is 0 Å². The Morgan fingerprint density at radius 3 is 2.29 bits per heavy atom. The summed E-state index contributed by atoms with van der Waals surface area (Å²) >= 11 is 5.25. The zero-order chi connectivity index (χ0) is 13.0. The molecule has 0 spiro atoms. The quantitative estimate of drug-likeness (QED) is 0.805. The largest absolute Gasteiger partial charge is 0.361 e. The molecular weight excluding hydrogens is 228 g/mol. The van der Waals surface area contributed by atoms with Gasteiger partial charge in [0.1, 0.15) is 0 Å². The van der Waals surface area contributed by atoms with Crippen LogP contribution in [0.25, 0.3) is 0 Å². The molecule has 94 valence electrons. The topological polar surface area (TPSA) is 24.1 Å². The Bertz CT molecular complexity index is 399. The van der Waals surface area contributed by atoms with Gasteiger partial charge in [0.2, 0.25) is 0 Å². The minimum absolute atomic E-state index is 0.231. The van der Waals surface area contributed by atoms with Crippen LogP contribution in [0.2, 0.25) is 0 Å². The van der Waals surface area contributed by atoms with Crippen LogP contribution >= 0.6 is 12.2 Å². The standard InChI is InChI=1S/C14H22N2S/c1-9(2)15-14(17)16-12(5)13-7-6-10(3)8-11(13)4/h6-9,12H,1-5H3,(H2,15,16,17). The zero-order valence-electron chi connectivity index (χ0n) is 11.3. The van der Waals surface area contributed by atoms with E-state index in [0.717, 1.165) is 0 Å². The molecule has 0 aliphatic heterocycles. The van der Waals surface area contributed by atoms with Crippen LogP contribution in [0.5, 0.6) is 0 Å². The molecule has 0 heterocycles. The van der Waals surface area contributed by atoms with Crippen molar-refractivity contribution in [3.63, 3.8) is 0 Å². The number of benzene rings is 1. The molecule has 0 saturated carbocycles. The first-order valence-corrected chi connectivity index (χ1v) is 6.45. The Kier molecular flexibility index (Phi) is 4.94. The van der Waals surface area contributed by atoms with Crippen molar-refractivity contribution in [2.24, 2.45) is 0 Å². The van der Waals surface area contributed by atoms with Crippen molar-refractivity contribution in [3.05, 3.63) is 34.9 Å². The fourth-order valence-electron chi connectivity index (χ4n) is 1.89. The molecule has 0 bridgehead atoms. The maximum Gasteiger partial charge on any atom is 0.166 e. The summed E-state index contributed by atoms with van der Waals surface area (Å²) in [5, 5.41) is 7.22. The number of thiocarbonyl (C=S) groups is 1. The maximum atomic E-state index is 5.25. The van der Waals surface area contributed by atoms with Gasteiger partial charge in [0.15, 0.2) is 5.11 Å². The monoisotopic (exact) mass is 250 g/mol. The normalized spacial score (nSPS) is 12.4. The number of rotatable bonds is 3. The molecule has 0 saturated heterocycles. The van der Waals surface area contributed by atoms with Crippen LogP contribution in [-0.4, -0.2) is 11.2 Å². The highest BCUT2D eigenvalue weighted by molar-refractivity contribution is 7.80. The van der Waals surface area contributed by atoms with Crippen molar-refractivity contribution in [2.45, 2.75) is 46.7 Å². The van der Waals surface area contributed by atoms with E-state index in [2.05, 4.69) is 63.5 Å². The lowest BCUT2D eigenvalue weighted by Crippen LogP contribution is -2.40. The van der Waals surface area contributed by atoms with Crippen molar-refractivity contribution in [1.82, 2.24) is 10.6 Å². The average molecular weight is 250 g/mol. The molecule has 0 radical (unpaired) electrons. The van der Waals surface area contributed by atoms with Gasteiger partial charge in [0, 0.05) is 6.04 Å². The van der Waals surface area contributed by atoms with Crippen molar-refractivity contribution in [2.75, 3.05) is 0 Å². The SMILES string of the molecule is Cc1ccc(C(C)NC(=S)NC(C)C)c(C)c1. The number of nitrogens with one attached hydrogen (secondary N) is 2. The number of aryl methyl sites for hydroxylation is 2. The van der Waals surface area contributed by atoms with E-state index >= 15 is 0 Å². The average Bonchev–Trinajstić information content (AvgIpc) is 2.15. The van der Waals surface area contributed by atoms with Crippen LogP contribution in [0.1, 0.15) is 43.5 Å². The third-order valence-electron chi connectivity index (χ3n) is 2.66. The van der Waals surface area contributed by atoms with E-state index in [1.807, 2.05) is 0 Å². The van der Waals surface area contributed by atoms with Crippen LogP contribution in [0.4, 0.5) is 0 Å².